The Morgan fingerprint density at radius 2 is 2.19 bits per heavy atom. The van der Waals surface area contributed by atoms with Crippen molar-refractivity contribution in [1.29, 1.82) is 0 Å². The zero-order valence-electron chi connectivity index (χ0n) is 9.70. The monoisotopic (exact) mass is 259 g/mol. The molecule has 0 spiro atoms. The highest BCUT2D eigenvalue weighted by molar-refractivity contribution is 7.85. The van der Waals surface area contributed by atoms with Gasteiger partial charge in [0.05, 0.1) is 20.7 Å². The quantitative estimate of drug-likeness (QED) is 0.823. The fourth-order valence-electron chi connectivity index (χ4n) is 1.62. The molecule has 2 unspecified atom stereocenters. The van der Waals surface area contributed by atoms with Gasteiger partial charge in [0.15, 0.2) is 0 Å². The van der Waals surface area contributed by atoms with Gasteiger partial charge in [-0.1, -0.05) is 38.3 Å². The predicted octanol–water partition coefficient (Wildman–Crippen LogP) is 3.47. The summed E-state index contributed by atoms with van der Waals surface area (Å²) >= 11 is 6.00. The van der Waals surface area contributed by atoms with Gasteiger partial charge in [0.1, 0.15) is 0 Å². The first-order valence-corrected chi connectivity index (χ1v) is 7.17. The van der Waals surface area contributed by atoms with Crippen LogP contribution in [-0.4, -0.2) is 9.96 Å². The normalized spacial score (nSPS) is 14.7. The van der Waals surface area contributed by atoms with E-state index in [1.807, 2.05) is 0 Å². The standard InChI is InChI=1S/C12H18ClNOS/c1-3-4-9(2)8-16(15)12-7-10(14)5-6-11(12)13/h5-7,9H,3-4,8,14H2,1-2H3. The van der Waals surface area contributed by atoms with Gasteiger partial charge in [-0.15, -0.1) is 0 Å². The minimum Gasteiger partial charge on any atom is -0.399 e. The van der Waals surface area contributed by atoms with E-state index in [2.05, 4.69) is 13.8 Å². The van der Waals surface area contributed by atoms with Crippen LogP contribution in [-0.2, 0) is 10.8 Å². The highest BCUT2D eigenvalue weighted by Crippen LogP contribution is 2.24. The lowest BCUT2D eigenvalue weighted by Crippen LogP contribution is -2.08. The Balaban J connectivity index is 2.76. The molecule has 90 valence electrons. The number of nitrogen functional groups attached to an aromatic ring is 1. The average Bonchev–Trinajstić information content (AvgIpc) is 2.21. The van der Waals surface area contributed by atoms with Crippen LogP contribution in [0.15, 0.2) is 23.1 Å². The molecule has 0 amide bonds. The topological polar surface area (TPSA) is 43.1 Å². The van der Waals surface area contributed by atoms with Crippen molar-refractivity contribution in [2.45, 2.75) is 31.6 Å². The largest absolute Gasteiger partial charge is 0.399 e. The molecule has 0 aliphatic rings. The van der Waals surface area contributed by atoms with Crippen LogP contribution in [0, 0.1) is 5.92 Å². The molecule has 1 aromatic rings. The molecule has 2 nitrogen and oxygen atoms in total. The number of nitrogens with two attached hydrogens (primary N) is 1. The van der Waals surface area contributed by atoms with E-state index in [1.165, 1.54) is 0 Å². The Morgan fingerprint density at radius 3 is 2.81 bits per heavy atom. The molecule has 0 fully saturated rings. The van der Waals surface area contributed by atoms with Crippen LogP contribution in [0.4, 0.5) is 5.69 Å². The van der Waals surface area contributed by atoms with Crippen molar-refractivity contribution in [3.8, 4) is 0 Å². The van der Waals surface area contributed by atoms with Gasteiger partial charge in [-0.05, 0) is 24.1 Å². The lowest BCUT2D eigenvalue weighted by molar-refractivity contribution is 0.574. The average molecular weight is 260 g/mol. The van der Waals surface area contributed by atoms with Gasteiger partial charge >= 0.3 is 0 Å². The van der Waals surface area contributed by atoms with Crippen molar-refractivity contribution in [1.82, 2.24) is 0 Å². The number of hydrogen-bond acceptors (Lipinski definition) is 2. The summed E-state index contributed by atoms with van der Waals surface area (Å²) in [7, 11) is -1.05. The highest BCUT2D eigenvalue weighted by Gasteiger charge is 2.12. The smallest absolute Gasteiger partial charge is 0.0594 e. The molecule has 2 N–H and O–H groups in total. The Bertz CT molecular complexity index is 381. The number of rotatable bonds is 5. The van der Waals surface area contributed by atoms with E-state index in [9.17, 15) is 4.21 Å². The van der Waals surface area contributed by atoms with Gasteiger partial charge in [0.25, 0.3) is 0 Å². The summed E-state index contributed by atoms with van der Waals surface area (Å²) in [4.78, 5) is 0.657. The molecular formula is C12H18ClNOS. The van der Waals surface area contributed by atoms with Crippen molar-refractivity contribution >= 4 is 28.1 Å². The van der Waals surface area contributed by atoms with Gasteiger partial charge in [-0.2, -0.15) is 0 Å². The van der Waals surface area contributed by atoms with Crippen LogP contribution in [0.1, 0.15) is 26.7 Å². The molecule has 0 saturated carbocycles. The van der Waals surface area contributed by atoms with Gasteiger partial charge < -0.3 is 5.73 Å². The summed E-state index contributed by atoms with van der Waals surface area (Å²) in [6, 6.07) is 5.13. The summed E-state index contributed by atoms with van der Waals surface area (Å²) in [5, 5.41) is 0.538. The van der Waals surface area contributed by atoms with Crippen LogP contribution >= 0.6 is 11.6 Å². The molecule has 0 bridgehead atoms. The minimum absolute atomic E-state index is 0.448. The van der Waals surface area contributed by atoms with Gasteiger partial charge in [0.2, 0.25) is 0 Å². The summed E-state index contributed by atoms with van der Waals surface area (Å²) < 4.78 is 12.1. The number of halogens is 1. The molecule has 4 heteroatoms. The molecule has 0 saturated heterocycles. The van der Waals surface area contributed by atoms with E-state index in [-0.39, 0.29) is 0 Å². The first kappa shape index (κ1) is 13.5. The van der Waals surface area contributed by atoms with E-state index in [0.29, 0.717) is 27.3 Å². The molecule has 0 aliphatic heterocycles. The Kier molecular flexibility index (Phi) is 5.29. The fourth-order valence-corrected chi connectivity index (χ4v) is 3.41. The first-order chi connectivity index (χ1) is 7.54. The molecule has 1 aromatic carbocycles. The molecule has 2 atom stereocenters. The van der Waals surface area contributed by atoms with Gasteiger partial charge in [-0.25, -0.2) is 0 Å². The summed E-state index contributed by atoms with van der Waals surface area (Å²) in [5.41, 5.74) is 6.27. The molecule has 0 heterocycles. The molecule has 0 radical (unpaired) electrons. The maximum Gasteiger partial charge on any atom is 0.0594 e. The lowest BCUT2D eigenvalue weighted by Gasteiger charge is -2.11. The third-order valence-electron chi connectivity index (χ3n) is 2.42. The van der Waals surface area contributed by atoms with E-state index in [4.69, 9.17) is 17.3 Å². The van der Waals surface area contributed by atoms with Crippen LogP contribution in [0.25, 0.3) is 0 Å². The summed E-state index contributed by atoms with van der Waals surface area (Å²) in [6.07, 6.45) is 2.20. The van der Waals surface area contributed by atoms with Crippen molar-refractivity contribution < 1.29 is 4.21 Å². The SMILES string of the molecule is CCCC(C)CS(=O)c1cc(N)ccc1Cl. The van der Waals surface area contributed by atoms with Gasteiger partial charge in [-0.3, -0.25) is 4.21 Å². The molecule has 0 aliphatic carbocycles. The summed E-state index contributed by atoms with van der Waals surface area (Å²) in [5.74, 6) is 1.10. The van der Waals surface area contributed by atoms with Gasteiger partial charge in [0, 0.05) is 11.4 Å². The Morgan fingerprint density at radius 1 is 1.50 bits per heavy atom. The number of benzene rings is 1. The first-order valence-electron chi connectivity index (χ1n) is 5.48. The number of anilines is 1. The van der Waals surface area contributed by atoms with Crippen molar-refractivity contribution in [2.24, 2.45) is 5.92 Å². The Labute approximate surface area is 105 Å². The highest BCUT2D eigenvalue weighted by atomic mass is 35.5. The third kappa shape index (κ3) is 3.80. The number of hydrogen-bond donors (Lipinski definition) is 1. The molecule has 16 heavy (non-hydrogen) atoms. The van der Waals surface area contributed by atoms with Crippen molar-refractivity contribution in [3.63, 3.8) is 0 Å². The lowest BCUT2D eigenvalue weighted by atomic mass is 10.1. The van der Waals surface area contributed by atoms with Crippen LogP contribution in [0.5, 0.6) is 0 Å². The Hall–Kier alpha value is -0.540. The zero-order valence-corrected chi connectivity index (χ0v) is 11.3. The van der Waals surface area contributed by atoms with E-state index in [0.717, 1.165) is 12.8 Å². The van der Waals surface area contributed by atoms with E-state index in [1.54, 1.807) is 18.2 Å². The second-order valence-electron chi connectivity index (χ2n) is 4.10. The molecular weight excluding hydrogens is 242 g/mol. The van der Waals surface area contributed by atoms with Crippen molar-refractivity contribution in [2.75, 3.05) is 11.5 Å². The van der Waals surface area contributed by atoms with Crippen LogP contribution < -0.4 is 5.73 Å². The second-order valence-corrected chi connectivity index (χ2v) is 5.97. The maximum atomic E-state index is 12.1. The summed E-state index contributed by atoms with van der Waals surface area (Å²) in [6.45, 7) is 4.24. The molecule has 0 aromatic heterocycles. The maximum absolute atomic E-state index is 12.1. The van der Waals surface area contributed by atoms with E-state index >= 15 is 0 Å². The van der Waals surface area contributed by atoms with Crippen LogP contribution in [0.3, 0.4) is 0 Å². The van der Waals surface area contributed by atoms with Crippen LogP contribution in [0.2, 0.25) is 5.02 Å². The fraction of sp³-hybridized carbons (Fsp3) is 0.500. The molecule has 1 rings (SSSR count). The van der Waals surface area contributed by atoms with Crippen molar-refractivity contribution in [3.05, 3.63) is 23.2 Å². The third-order valence-corrected chi connectivity index (χ3v) is 4.56. The second kappa shape index (κ2) is 6.26. The zero-order chi connectivity index (χ0) is 12.1. The predicted molar refractivity (Wildman–Crippen MR) is 71.2 cm³/mol. The van der Waals surface area contributed by atoms with E-state index < -0.39 is 10.8 Å². The minimum atomic E-state index is -1.05.